The smallest absolute Gasteiger partial charge is 0.126 e. The van der Waals surface area contributed by atoms with Crippen LogP contribution in [-0.4, -0.2) is 0 Å². The molecule has 5 heteroatoms. The quantitative estimate of drug-likeness (QED) is 0.908. The first-order valence-corrected chi connectivity index (χ1v) is 6.66. The van der Waals surface area contributed by atoms with Crippen molar-refractivity contribution in [3.63, 3.8) is 0 Å². The van der Waals surface area contributed by atoms with E-state index in [1.54, 1.807) is 11.3 Å². The Bertz CT molecular complexity index is 507. The molecule has 1 nitrogen and oxygen atoms in total. The molecule has 0 fully saturated rings. The van der Waals surface area contributed by atoms with Crippen molar-refractivity contribution in [1.29, 1.82) is 0 Å². The topological polar surface area (TPSA) is 26.0 Å². The Morgan fingerprint density at radius 2 is 1.82 bits per heavy atom. The van der Waals surface area contributed by atoms with Gasteiger partial charge in [-0.05, 0) is 39.7 Å². The van der Waals surface area contributed by atoms with E-state index in [-0.39, 0.29) is 0 Å². The maximum atomic E-state index is 13.0. The molecule has 2 aromatic rings. The molecule has 2 rings (SSSR count). The van der Waals surface area contributed by atoms with Gasteiger partial charge in [0.15, 0.2) is 0 Å². The molecule has 0 radical (unpaired) electrons. The fourth-order valence-corrected chi connectivity index (χ4v) is 3.10. The van der Waals surface area contributed by atoms with Crippen LogP contribution in [-0.2, 0) is 6.42 Å². The zero-order chi connectivity index (χ0) is 12.4. The third kappa shape index (κ3) is 3.34. The highest BCUT2D eigenvalue weighted by Gasteiger charge is 2.11. The van der Waals surface area contributed by atoms with Crippen LogP contribution in [0.3, 0.4) is 0 Å². The molecule has 90 valence electrons. The Hall–Kier alpha value is -0.780. The van der Waals surface area contributed by atoms with Crippen LogP contribution in [0.15, 0.2) is 34.1 Å². The van der Waals surface area contributed by atoms with Crippen molar-refractivity contribution in [2.24, 2.45) is 5.73 Å². The van der Waals surface area contributed by atoms with Crippen molar-refractivity contribution in [3.05, 3.63) is 56.2 Å². The number of halogens is 3. The van der Waals surface area contributed by atoms with Crippen LogP contribution in [0.5, 0.6) is 0 Å². The van der Waals surface area contributed by atoms with Crippen LogP contribution in [0.25, 0.3) is 0 Å². The van der Waals surface area contributed by atoms with Crippen LogP contribution in [0.2, 0.25) is 0 Å². The molecule has 0 aliphatic carbocycles. The zero-order valence-corrected chi connectivity index (χ0v) is 11.2. The minimum atomic E-state index is -0.595. The highest BCUT2D eigenvalue weighted by Crippen LogP contribution is 2.25. The molecule has 0 bridgehead atoms. The number of benzene rings is 1. The predicted molar refractivity (Wildman–Crippen MR) is 69.0 cm³/mol. The average molecular weight is 318 g/mol. The number of rotatable bonds is 3. The van der Waals surface area contributed by atoms with Crippen molar-refractivity contribution in [2.45, 2.75) is 12.5 Å². The van der Waals surface area contributed by atoms with Crippen molar-refractivity contribution in [1.82, 2.24) is 0 Å². The molecule has 1 aromatic heterocycles. The first-order valence-electron chi connectivity index (χ1n) is 4.99. The van der Waals surface area contributed by atoms with E-state index in [1.165, 1.54) is 12.1 Å². The van der Waals surface area contributed by atoms with Gasteiger partial charge in [0.25, 0.3) is 0 Å². The van der Waals surface area contributed by atoms with Gasteiger partial charge in [-0.15, -0.1) is 11.3 Å². The minimum absolute atomic E-state index is 0.397. The number of hydrogen-bond donors (Lipinski definition) is 1. The van der Waals surface area contributed by atoms with E-state index < -0.39 is 17.7 Å². The summed E-state index contributed by atoms with van der Waals surface area (Å²) in [5.41, 5.74) is 6.41. The van der Waals surface area contributed by atoms with Crippen molar-refractivity contribution in [3.8, 4) is 0 Å². The Kier molecular flexibility index (Phi) is 3.91. The van der Waals surface area contributed by atoms with Gasteiger partial charge in [0.1, 0.15) is 11.6 Å². The molecule has 1 aromatic carbocycles. The lowest BCUT2D eigenvalue weighted by Crippen LogP contribution is -2.13. The second kappa shape index (κ2) is 5.25. The van der Waals surface area contributed by atoms with Gasteiger partial charge in [0, 0.05) is 33.3 Å². The van der Waals surface area contributed by atoms with Gasteiger partial charge in [0.2, 0.25) is 0 Å². The molecule has 0 aliphatic heterocycles. The minimum Gasteiger partial charge on any atom is -0.324 e. The van der Waals surface area contributed by atoms with Gasteiger partial charge in [0.05, 0.1) is 0 Å². The van der Waals surface area contributed by atoms with Gasteiger partial charge < -0.3 is 5.73 Å². The summed E-state index contributed by atoms with van der Waals surface area (Å²) in [6, 6.07) is 4.95. The molecule has 17 heavy (non-hydrogen) atoms. The number of thiophene rings is 1. The molecular formula is C12H10BrF2NS. The van der Waals surface area contributed by atoms with E-state index in [0.29, 0.717) is 12.0 Å². The second-order valence-electron chi connectivity index (χ2n) is 3.74. The second-order valence-corrected chi connectivity index (χ2v) is 5.66. The fraction of sp³-hybridized carbons (Fsp3) is 0.167. The lowest BCUT2D eigenvalue weighted by molar-refractivity contribution is 0.573. The molecule has 0 aliphatic rings. The lowest BCUT2D eigenvalue weighted by atomic mass is 10.0. The van der Waals surface area contributed by atoms with Crippen LogP contribution in [0, 0.1) is 11.6 Å². The molecule has 0 saturated heterocycles. The highest BCUT2D eigenvalue weighted by molar-refractivity contribution is 9.10. The number of nitrogens with two attached hydrogens (primary N) is 1. The molecule has 2 N–H and O–H groups in total. The van der Waals surface area contributed by atoms with Crippen LogP contribution in [0.4, 0.5) is 8.78 Å². The molecular weight excluding hydrogens is 308 g/mol. The van der Waals surface area contributed by atoms with Gasteiger partial charge >= 0.3 is 0 Å². The predicted octanol–water partition coefficient (Wildman–Crippen LogP) is 4.03. The van der Waals surface area contributed by atoms with Crippen LogP contribution >= 0.6 is 27.3 Å². The van der Waals surface area contributed by atoms with E-state index in [9.17, 15) is 8.78 Å². The molecule has 1 atom stereocenters. The molecule has 0 amide bonds. The summed E-state index contributed by atoms with van der Waals surface area (Å²) in [4.78, 5) is 1.08. The van der Waals surface area contributed by atoms with Gasteiger partial charge in [-0.2, -0.15) is 0 Å². The Morgan fingerprint density at radius 3 is 2.35 bits per heavy atom. The summed E-state index contributed by atoms with van der Waals surface area (Å²) in [5, 5.41) is 1.95. The third-order valence-electron chi connectivity index (χ3n) is 2.36. The van der Waals surface area contributed by atoms with Gasteiger partial charge in [-0.1, -0.05) is 0 Å². The molecule has 1 heterocycles. The maximum Gasteiger partial charge on any atom is 0.126 e. The van der Waals surface area contributed by atoms with E-state index in [2.05, 4.69) is 15.9 Å². The first kappa shape index (κ1) is 12.7. The fourth-order valence-electron chi connectivity index (χ4n) is 1.58. The monoisotopic (exact) mass is 317 g/mol. The van der Waals surface area contributed by atoms with Crippen molar-refractivity contribution >= 4 is 27.3 Å². The SMILES string of the molecule is NC(Cc1cc(Br)cs1)c1cc(F)cc(F)c1. The standard InChI is InChI=1S/C12H10BrF2NS/c13-8-3-11(17-6-8)5-12(16)7-1-9(14)4-10(15)2-7/h1-4,6,12H,5,16H2. The summed E-state index contributed by atoms with van der Waals surface area (Å²) in [7, 11) is 0. The van der Waals surface area contributed by atoms with Crippen LogP contribution in [0.1, 0.15) is 16.5 Å². The van der Waals surface area contributed by atoms with Gasteiger partial charge in [-0.25, -0.2) is 8.78 Å². The Morgan fingerprint density at radius 1 is 1.18 bits per heavy atom. The maximum absolute atomic E-state index is 13.0. The third-order valence-corrected chi connectivity index (χ3v) is 4.08. The first-order chi connectivity index (χ1) is 8.04. The van der Waals surface area contributed by atoms with Crippen LogP contribution < -0.4 is 5.73 Å². The average Bonchev–Trinajstić information content (AvgIpc) is 2.62. The van der Waals surface area contributed by atoms with Crippen molar-refractivity contribution < 1.29 is 8.78 Å². The van der Waals surface area contributed by atoms with Gasteiger partial charge in [-0.3, -0.25) is 0 Å². The highest BCUT2D eigenvalue weighted by atomic mass is 79.9. The summed E-state index contributed by atoms with van der Waals surface area (Å²) in [6.07, 6.45) is 0.569. The van der Waals surface area contributed by atoms with E-state index >= 15 is 0 Å². The molecule has 1 unspecified atom stereocenters. The summed E-state index contributed by atoms with van der Waals surface area (Å²) >= 11 is 4.92. The van der Waals surface area contributed by atoms with E-state index in [0.717, 1.165) is 15.4 Å². The molecule has 0 spiro atoms. The van der Waals surface area contributed by atoms with E-state index in [1.807, 2.05) is 11.4 Å². The zero-order valence-electron chi connectivity index (χ0n) is 8.79. The Labute approximate surface area is 110 Å². The summed E-state index contributed by atoms with van der Waals surface area (Å²) in [5.74, 6) is -1.19. The summed E-state index contributed by atoms with van der Waals surface area (Å²) in [6.45, 7) is 0. The lowest BCUT2D eigenvalue weighted by Gasteiger charge is -2.11. The van der Waals surface area contributed by atoms with Crippen molar-refractivity contribution in [2.75, 3.05) is 0 Å². The summed E-state index contributed by atoms with van der Waals surface area (Å²) < 4.78 is 27.1. The number of hydrogen-bond acceptors (Lipinski definition) is 2. The Balaban J connectivity index is 2.16. The van der Waals surface area contributed by atoms with E-state index in [4.69, 9.17) is 5.73 Å². The normalized spacial score (nSPS) is 12.7. The largest absolute Gasteiger partial charge is 0.324 e. The molecule has 0 saturated carbocycles.